The fourth-order valence-corrected chi connectivity index (χ4v) is 3.50. The van der Waals surface area contributed by atoms with Gasteiger partial charge in [-0.1, -0.05) is 71.9 Å². The van der Waals surface area contributed by atoms with Crippen LogP contribution in [-0.4, -0.2) is 21.1 Å². The molecular formula is C19H16N2O2S2. The van der Waals surface area contributed by atoms with Crippen molar-refractivity contribution in [2.75, 3.05) is 0 Å². The lowest BCUT2D eigenvalue weighted by molar-refractivity contribution is -0.132. The second kappa shape index (κ2) is 7.63. The maximum atomic E-state index is 12.5. The Morgan fingerprint density at radius 3 is 2.52 bits per heavy atom. The number of carbonyl (C=O) groups is 2. The second-order valence-electron chi connectivity index (χ2n) is 5.63. The molecule has 0 aliphatic carbocycles. The molecule has 1 aliphatic heterocycles. The molecule has 1 N–H and O–H groups in total. The predicted molar refractivity (Wildman–Crippen MR) is 104 cm³/mol. The van der Waals surface area contributed by atoms with Crippen LogP contribution in [0.1, 0.15) is 16.7 Å². The summed E-state index contributed by atoms with van der Waals surface area (Å²) in [6.45, 7) is 2.01. The molecule has 6 heteroatoms. The molecule has 0 bridgehead atoms. The summed E-state index contributed by atoms with van der Waals surface area (Å²) in [6.07, 6.45) is 1.97. The van der Waals surface area contributed by atoms with Gasteiger partial charge in [-0.3, -0.25) is 15.0 Å². The van der Waals surface area contributed by atoms with Crippen molar-refractivity contribution in [2.45, 2.75) is 13.3 Å². The van der Waals surface area contributed by atoms with Crippen molar-refractivity contribution in [3.63, 3.8) is 0 Å². The molecule has 4 nitrogen and oxygen atoms in total. The molecule has 0 aromatic heterocycles. The minimum atomic E-state index is -0.308. The van der Waals surface area contributed by atoms with Crippen molar-refractivity contribution in [3.8, 4) is 0 Å². The number of thioether (sulfide) groups is 1. The Bertz CT molecular complexity index is 845. The SMILES string of the molecule is Cc1ccc(C=C2SC(=S)N(NC(=O)Cc3ccccc3)C2=O)cc1. The summed E-state index contributed by atoms with van der Waals surface area (Å²) in [4.78, 5) is 25.2. The molecule has 1 fully saturated rings. The molecule has 2 aromatic rings. The lowest BCUT2D eigenvalue weighted by Gasteiger charge is -2.15. The van der Waals surface area contributed by atoms with E-state index in [9.17, 15) is 9.59 Å². The number of benzene rings is 2. The lowest BCUT2D eigenvalue weighted by atomic mass is 10.1. The van der Waals surface area contributed by atoms with E-state index in [1.54, 1.807) is 6.08 Å². The Morgan fingerprint density at radius 1 is 1.16 bits per heavy atom. The summed E-state index contributed by atoms with van der Waals surface area (Å²) < 4.78 is 0.324. The number of amides is 2. The van der Waals surface area contributed by atoms with Gasteiger partial charge in [0.1, 0.15) is 0 Å². The number of nitrogens with one attached hydrogen (secondary N) is 1. The number of carbonyl (C=O) groups excluding carboxylic acids is 2. The van der Waals surface area contributed by atoms with Crippen molar-refractivity contribution in [2.24, 2.45) is 0 Å². The quantitative estimate of drug-likeness (QED) is 0.663. The summed E-state index contributed by atoms with van der Waals surface area (Å²) >= 11 is 6.41. The molecule has 0 unspecified atom stereocenters. The van der Waals surface area contributed by atoms with Crippen LogP contribution >= 0.6 is 24.0 Å². The Hall–Kier alpha value is -2.44. The van der Waals surface area contributed by atoms with Gasteiger partial charge < -0.3 is 0 Å². The number of hydrogen-bond donors (Lipinski definition) is 1. The smallest absolute Gasteiger partial charge is 0.273 e. The highest BCUT2D eigenvalue weighted by atomic mass is 32.2. The van der Waals surface area contributed by atoms with Crippen LogP contribution in [0.4, 0.5) is 0 Å². The number of hydrazine groups is 1. The minimum Gasteiger partial charge on any atom is -0.273 e. The zero-order valence-corrected chi connectivity index (χ0v) is 15.2. The maximum absolute atomic E-state index is 12.5. The minimum absolute atomic E-state index is 0.189. The van der Waals surface area contributed by atoms with Crippen LogP contribution in [0.3, 0.4) is 0 Å². The monoisotopic (exact) mass is 368 g/mol. The topological polar surface area (TPSA) is 49.4 Å². The van der Waals surface area contributed by atoms with Crippen molar-refractivity contribution in [1.29, 1.82) is 0 Å². The number of nitrogens with zero attached hydrogens (tertiary/aromatic N) is 1. The maximum Gasteiger partial charge on any atom is 0.285 e. The molecule has 1 saturated heterocycles. The zero-order valence-electron chi connectivity index (χ0n) is 13.6. The molecule has 2 amide bonds. The molecular weight excluding hydrogens is 352 g/mol. The molecule has 3 rings (SSSR count). The number of rotatable bonds is 4. The van der Waals surface area contributed by atoms with Crippen LogP contribution in [0.25, 0.3) is 6.08 Å². The van der Waals surface area contributed by atoms with Gasteiger partial charge in [0.05, 0.1) is 11.3 Å². The first-order valence-corrected chi connectivity index (χ1v) is 8.93. The number of thiocarbonyl (C=S) groups is 1. The van der Waals surface area contributed by atoms with E-state index >= 15 is 0 Å². The molecule has 2 aromatic carbocycles. The largest absolute Gasteiger partial charge is 0.285 e. The van der Waals surface area contributed by atoms with Gasteiger partial charge in [0.2, 0.25) is 5.91 Å². The number of hydrogen-bond acceptors (Lipinski definition) is 4. The third-order valence-corrected chi connectivity index (χ3v) is 4.91. The van der Waals surface area contributed by atoms with E-state index in [1.807, 2.05) is 61.5 Å². The summed E-state index contributed by atoms with van der Waals surface area (Å²) in [5.41, 5.74) is 5.54. The van der Waals surface area contributed by atoms with Gasteiger partial charge in [-0.15, -0.1) is 0 Å². The summed E-state index contributed by atoms with van der Waals surface area (Å²) in [5.74, 6) is -0.587. The normalized spacial score (nSPS) is 15.7. The van der Waals surface area contributed by atoms with Crippen LogP contribution in [0.2, 0.25) is 0 Å². The highest BCUT2D eigenvalue weighted by Crippen LogP contribution is 2.31. The molecule has 1 heterocycles. The van der Waals surface area contributed by atoms with E-state index in [4.69, 9.17) is 12.2 Å². The van der Waals surface area contributed by atoms with Gasteiger partial charge in [0, 0.05) is 0 Å². The first kappa shape index (κ1) is 17.4. The summed E-state index contributed by atoms with van der Waals surface area (Å²) in [5, 5.41) is 1.14. The molecule has 0 spiro atoms. The van der Waals surface area contributed by atoms with Gasteiger partial charge >= 0.3 is 0 Å². The van der Waals surface area contributed by atoms with Crippen molar-refractivity contribution in [3.05, 3.63) is 76.2 Å². The predicted octanol–water partition coefficient (Wildman–Crippen LogP) is 3.47. The van der Waals surface area contributed by atoms with Crippen molar-refractivity contribution in [1.82, 2.24) is 10.4 Å². The summed E-state index contributed by atoms with van der Waals surface area (Å²) in [6, 6.07) is 17.2. The van der Waals surface area contributed by atoms with E-state index in [0.29, 0.717) is 9.23 Å². The molecule has 0 radical (unpaired) electrons. The average molecular weight is 368 g/mol. The first-order chi connectivity index (χ1) is 12.0. The molecule has 126 valence electrons. The van der Waals surface area contributed by atoms with E-state index in [-0.39, 0.29) is 18.2 Å². The highest BCUT2D eigenvalue weighted by Gasteiger charge is 2.33. The summed E-state index contributed by atoms with van der Waals surface area (Å²) in [7, 11) is 0. The van der Waals surface area contributed by atoms with Gasteiger partial charge in [-0.05, 0) is 36.3 Å². The van der Waals surface area contributed by atoms with Crippen LogP contribution in [-0.2, 0) is 16.0 Å². The Balaban J connectivity index is 1.69. The lowest BCUT2D eigenvalue weighted by Crippen LogP contribution is -2.45. The van der Waals surface area contributed by atoms with Crippen LogP contribution in [0.15, 0.2) is 59.5 Å². The van der Waals surface area contributed by atoms with E-state index in [0.717, 1.165) is 21.7 Å². The highest BCUT2D eigenvalue weighted by molar-refractivity contribution is 8.26. The van der Waals surface area contributed by atoms with E-state index in [1.165, 1.54) is 11.8 Å². The van der Waals surface area contributed by atoms with E-state index in [2.05, 4.69) is 5.43 Å². The van der Waals surface area contributed by atoms with Gasteiger partial charge in [0.25, 0.3) is 5.91 Å². The van der Waals surface area contributed by atoms with Gasteiger partial charge in [0.15, 0.2) is 4.32 Å². The average Bonchev–Trinajstić information content (AvgIpc) is 2.85. The van der Waals surface area contributed by atoms with E-state index < -0.39 is 0 Å². The van der Waals surface area contributed by atoms with Crippen LogP contribution in [0, 0.1) is 6.92 Å². The Kier molecular flexibility index (Phi) is 5.31. The standard InChI is InChI=1S/C19H16N2O2S2/c1-13-7-9-15(10-8-13)11-16-18(23)21(19(24)25-16)20-17(22)12-14-5-3-2-4-6-14/h2-11H,12H2,1H3,(H,20,22). The zero-order chi connectivity index (χ0) is 17.8. The third-order valence-electron chi connectivity index (χ3n) is 3.61. The molecule has 0 atom stereocenters. The van der Waals surface area contributed by atoms with Gasteiger partial charge in [-0.25, -0.2) is 0 Å². The van der Waals surface area contributed by atoms with Crippen molar-refractivity contribution >= 4 is 46.2 Å². The molecule has 25 heavy (non-hydrogen) atoms. The molecule has 0 saturated carbocycles. The third kappa shape index (κ3) is 4.35. The van der Waals surface area contributed by atoms with Gasteiger partial charge in [-0.2, -0.15) is 5.01 Å². The fourth-order valence-electron chi connectivity index (χ4n) is 2.32. The van der Waals surface area contributed by atoms with Crippen LogP contribution in [0.5, 0.6) is 0 Å². The number of aryl methyl sites for hydroxylation is 1. The Labute approximate surface area is 155 Å². The second-order valence-corrected chi connectivity index (χ2v) is 7.30. The Morgan fingerprint density at radius 2 is 1.84 bits per heavy atom. The van der Waals surface area contributed by atoms with Crippen LogP contribution < -0.4 is 5.43 Å². The first-order valence-electron chi connectivity index (χ1n) is 7.71. The molecule has 1 aliphatic rings. The fraction of sp³-hybridized carbons (Fsp3) is 0.105. The van der Waals surface area contributed by atoms with Crippen molar-refractivity contribution < 1.29 is 9.59 Å².